The molecule has 0 bridgehead atoms. The second-order valence-corrected chi connectivity index (χ2v) is 6.44. The van der Waals surface area contributed by atoms with Gasteiger partial charge in [-0.3, -0.25) is 0 Å². The Kier molecular flexibility index (Phi) is 5.07. The van der Waals surface area contributed by atoms with E-state index in [2.05, 4.69) is 20.9 Å². The molecule has 1 aliphatic carbocycles. The number of hydrogen-bond donors (Lipinski definition) is 0. The summed E-state index contributed by atoms with van der Waals surface area (Å²) in [4.78, 5) is 16.6. The van der Waals surface area contributed by atoms with Crippen molar-refractivity contribution in [1.29, 1.82) is 5.26 Å². The van der Waals surface area contributed by atoms with Crippen LogP contribution < -0.4 is 0 Å². The van der Waals surface area contributed by atoms with Crippen LogP contribution in [0.5, 0.6) is 0 Å². The summed E-state index contributed by atoms with van der Waals surface area (Å²) in [5, 5.41) is 9.31. The summed E-state index contributed by atoms with van der Waals surface area (Å²) in [6.45, 7) is 0. The lowest BCUT2D eigenvalue weighted by molar-refractivity contribution is -0.145. The molecule has 0 aliphatic heterocycles. The molecule has 0 amide bonds. The van der Waals surface area contributed by atoms with Gasteiger partial charge in [0, 0.05) is 5.92 Å². The number of nitriles is 1. The van der Waals surface area contributed by atoms with Crippen molar-refractivity contribution in [2.45, 2.75) is 18.9 Å². The zero-order chi connectivity index (χ0) is 16.9. The van der Waals surface area contributed by atoms with Crippen molar-refractivity contribution in [1.82, 2.24) is 4.98 Å². The SMILES string of the molecule is N#CC(=Cc1cccc(Br)n1)C(=O)OC(c1ccccc1)C1CC1. The third-order valence-corrected chi connectivity index (χ3v) is 4.22. The minimum Gasteiger partial charge on any atom is -0.453 e. The van der Waals surface area contributed by atoms with Crippen molar-refractivity contribution in [2.75, 3.05) is 0 Å². The van der Waals surface area contributed by atoms with Crippen molar-refractivity contribution < 1.29 is 9.53 Å². The average molecular weight is 383 g/mol. The Balaban J connectivity index is 1.80. The molecule has 0 N–H and O–H groups in total. The highest BCUT2D eigenvalue weighted by Gasteiger charge is 2.35. The van der Waals surface area contributed by atoms with E-state index in [0.717, 1.165) is 18.4 Å². The highest BCUT2D eigenvalue weighted by molar-refractivity contribution is 9.10. The molecular formula is C19H15BrN2O2. The smallest absolute Gasteiger partial charge is 0.349 e. The number of rotatable bonds is 5. The maximum atomic E-state index is 12.4. The molecule has 1 heterocycles. The first kappa shape index (κ1) is 16.4. The first-order valence-electron chi connectivity index (χ1n) is 7.67. The molecule has 24 heavy (non-hydrogen) atoms. The monoisotopic (exact) mass is 382 g/mol. The maximum Gasteiger partial charge on any atom is 0.349 e. The van der Waals surface area contributed by atoms with E-state index in [4.69, 9.17) is 4.74 Å². The van der Waals surface area contributed by atoms with E-state index in [9.17, 15) is 10.1 Å². The van der Waals surface area contributed by atoms with E-state index in [1.807, 2.05) is 36.4 Å². The summed E-state index contributed by atoms with van der Waals surface area (Å²) in [6.07, 6.45) is 3.21. The molecule has 4 nitrogen and oxygen atoms in total. The molecule has 1 saturated carbocycles. The summed E-state index contributed by atoms with van der Waals surface area (Å²) in [5.41, 5.74) is 1.44. The van der Waals surface area contributed by atoms with E-state index in [0.29, 0.717) is 16.2 Å². The van der Waals surface area contributed by atoms with Gasteiger partial charge in [0.05, 0.1) is 5.69 Å². The van der Waals surface area contributed by atoms with E-state index < -0.39 is 5.97 Å². The van der Waals surface area contributed by atoms with Crippen molar-refractivity contribution in [3.63, 3.8) is 0 Å². The van der Waals surface area contributed by atoms with Gasteiger partial charge in [0.15, 0.2) is 0 Å². The molecule has 2 aromatic rings. The zero-order valence-corrected chi connectivity index (χ0v) is 14.4. The van der Waals surface area contributed by atoms with Crippen molar-refractivity contribution in [3.8, 4) is 6.07 Å². The average Bonchev–Trinajstić information content (AvgIpc) is 3.43. The lowest BCUT2D eigenvalue weighted by atomic mass is 10.1. The van der Waals surface area contributed by atoms with Crippen molar-refractivity contribution in [2.24, 2.45) is 5.92 Å². The number of carbonyl (C=O) groups is 1. The van der Waals surface area contributed by atoms with Crippen molar-refractivity contribution >= 4 is 28.0 Å². The molecule has 0 spiro atoms. The summed E-state index contributed by atoms with van der Waals surface area (Å²) >= 11 is 3.27. The molecular weight excluding hydrogens is 368 g/mol. The Morgan fingerprint density at radius 1 is 1.25 bits per heavy atom. The quantitative estimate of drug-likeness (QED) is 0.331. The van der Waals surface area contributed by atoms with E-state index in [-0.39, 0.29) is 11.7 Å². The van der Waals surface area contributed by atoms with Crippen LogP contribution in [0.1, 0.15) is 30.2 Å². The lowest BCUT2D eigenvalue weighted by Gasteiger charge is -2.17. The molecule has 1 fully saturated rings. The van der Waals surface area contributed by atoms with E-state index in [1.165, 1.54) is 6.08 Å². The fourth-order valence-corrected chi connectivity index (χ4v) is 2.80. The lowest BCUT2D eigenvalue weighted by Crippen LogP contribution is -2.14. The predicted molar refractivity (Wildman–Crippen MR) is 93.5 cm³/mol. The van der Waals surface area contributed by atoms with Gasteiger partial charge in [-0.15, -0.1) is 0 Å². The third-order valence-electron chi connectivity index (χ3n) is 3.78. The highest BCUT2D eigenvalue weighted by atomic mass is 79.9. The number of esters is 1. The molecule has 1 aromatic heterocycles. The second kappa shape index (κ2) is 7.41. The van der Waals surface area contributed by atoms with Gasteiger partial charge in [-0.1, -0.05) is 36.4 Å². The largest absolute Gasteiger partial charge is 0.453 e. The van der Waals surface area contributed by atoms with Gasteiger partial charge >= 0.3 is 5.97 Å². The Morgan fingerprint density at radius 2 is 2.00 bits per heavy atom. The highest BCUT2D eigenvalue weighted by Crippen LogP contribution is 2.43. The standard InChI is InChI=1S/C19H15BrN2O2/c20-17-8-4-7-16(22-17)11-15(12-21)19(23)24-18(14-9-10-14)13-5-2-1-3-6-13/h1-8,11,14,18H,9-10H2. The minimum atomic E-state index is -0.611. The van der Waals surface area contributed by atoms with Gasteiger partial charge < -0.3 is 4.74 Å². The summed E-state index contributed by atoms with van der Waals surface area (Å²) in [6, 6.07) is 16.9. The van der Waals surface area contributed by atoms with Crippen LogP contribution in [0.4, 0.5) is 0 Å². The summed E-state index contributed by atoms with van der Waals surface area (Å²) in [5.74, 6) is -0.277. The molecule has 5 heteroatoms. The Bertz CT molecular complexity index is 808. The number of ether oxygens (including phenoxy) is 1. The van der Waals surface area contributed by atoms with Crippen LogP contribution in [0.2, 0.25) is 0 Å². The van der Waals surface area contributed by atoms with Crippen LogP contribution in [-0.4, -0.2) is 11.0 Å². The normalized spacial score (nSPS) is 15.4. The summed E-state index contributed by atoms with van der Waals surface area (Å²) < 4.78 is 6.29. The first-order chi connectivity index (χ1) is 11.7. The number of halogens is 1. The number of benzene rings is 1. The van der Waals surface area contributed by atoms with Crippen LogP contribution in [0, 0.1) is 17.2 Å². The third kappa shape index (κ3) is 4.09. The summed E-state index contributed by atoms with van der Waals surface area (Å²) in [7, 11) is 0. The van der Waals surface area contributed by atoms with Gasteiger partial charge in [-0.25, -0.2) is 9.78 Å². The van der Waals surface area contributed by atoms with Crippen LogP contribution in [0.15, 0.2) is 58.7 Å². The Hall–Kier alpha value is -2.45. The van der Waals surface area contributed by atoms with Gasteiger partial charge in [-0.2, -0.15) is 5.26 Å². The van der Waals surface area contributed by atoms with Crippen LogP contribution in [0.3, 0.4) is 0 Å². The minimum absolute atomic E-state index is 0.0535. The van der Waals surface area contributed by atoms with E-state index in [1.54, 1.807) is 18.2 Å². The van der Waals surface area contributed by atoms with Crippen molar-refractivity contribution in [3.05, 3.63) is 70.0 Å². The first-order valence-corrected chi connectivity index (χ1v) is 8.47. The van der Waals surface area contributed by atoms with E-state index >= 15 is 0 Å². The van der Waals surface area contributed by atoms with Gasteiger partial charge in [-0.05, 0) is 52.5 Å². The molecule has 0 radical (unpaired) electrons. The molecule has 120 valence electrons. The number of pyridine rings is 1. The molecule has 1 atom stereocenters. The Morgan fingerprint density at radius 3 is 2.62 bits per heavy atom. The molecule has 3 rings (SSSR count). The van der Waals surface area contributed by atoms with Crippen LogP contribution in [0.25, 0.3) is 6.08 Å². The van der Waals surface area contributed by atoms with Gasteiger partial charge in [0.1, 0.15) is 22.3 Å². The topological polar surface area (TPSA) is 63.0 Å². The number of hydrogen-bond acceptors (Lipinski definition) is 4. The van der Waals surface area contributed by atoms with Crippen LogP contribution >= 0.6 is 15.9 Å². The number of nitrogens with zero attached hydrogens (tertiary/aromatic N) is 2. The van der Waals surface area contributed by atoms with Gasteiger partial charge in [0.25, 0.3) is 0 Å². The Labute approximate surface area is 148 Å². The molecule has 0 saturated heterocycles. The van der Waals surface area contributed by atoms with Crippen LogP contribution in [-0.2, 0) is 9.53 Å². The fraction of sp³-hybridized carbons (Fsp3) is 0.211. The number of aromatic nitrogens is 1. The maximum absolute atomic E-state index is 12.4. The predicted octanol–water partition coefficient (Wildman–Crippen LogP) is 4.45. The zero-order valence-electron chi connectivity index (χ0n) is 12.9. The van der Waals surface area contributed by atoms with Gasteiger partial charge in [0.2, 0.25) is 0 Å². The number of carbonyl (C=O) groups excluding carboxylic acids is 1. The fourth-order valence-electron chi connectivity index (χ4n) is 2.45. The molecule has 1 aromatic carbocycles. The second-order valence-electron chi connectivity index (χ2n) is 5.63. The molecule has 1 aliphatic rings. The molecule has 1 unspecified atom stereocenters.